The second kappa shape index (κ2) is 6.29. The fourth-order valence-electron chi connectivity index (χ4n) is 1.73. The van der Waals surface area contributed by atoms with Crippen molar-refractivity contribution < 1.29 is 28.5 Å². The van der Waals surface area contributed by atoms with Crippen molar-refractivity contribution in [2.75, 3.05) is 40.6 Å². The van der Waals surface area contributed by atoms with Gasteiger partial charge in [-0.1, -0.05) is 0 Å². The first-order chi connectivity index (χ1) is 9.27. The molecule has 0 radical (unpaired) electrons. The fraction of sp³-hybridized carbons (Fsp3) is 0.462. The van der Waals surface area contributed by atoms with Crippen LogP contribution in [-0.2, 0) is 9.47 Å². The third-order valence-electron chi connectivity index (χ3n) is 2.60. The highest BCUT2D eigenvalue weighted by atomic mass is 16.6. The normalized spacial score (nSPS) is 12.9. The van der Waals surface area contributed by atoms with Crippen LogP contribution in [-0.4, -0.2) is 46.6 Å². The monoisotopic (exact) mass is 268 g/mol. The third-order valence-corrected chi connectivity index (χ3v) is 2.60. The summed E-state index contributed by atoms with van der Waals surface area (Å²) in [6.45, 7) is 1.66. The molecule has 0 amide bonds. The first-order valence-electron chi connectivity index (χ1n) is 5.90. The van der Waals surface area contributed by atoms with Gasteiger partial charge in [0.25, 0.3) is 0 Å². The zero-order valence-electron chi connectivity index (χ0n) is 10.9. The summed E-state index contributed by atoms with van der Waals surface area (Å²) in [4.78, 5) is 11.6. The quantitative estimate of drug-likeness (QED) is 0.592. The molecule has 1 aromatic rings. The van der Waals surface area contributed by atoms with Gasteiger partial charge in [-0.25, -0.2) is 4.79 Å². The van der Waals surface area contributed by atoms with Crippen LogP contribution < -0.4 is 14.2 Å². The topological polar surface area (TPSA) is 63.2 Å². The Labute approximate surface area is 111 Å². The van der Waals surface area contributed by atoms with Gasteiger partial charge in [0.2, 0.25) is 5.75 Å². The second-order valence-corrected chi connectivity index (χ2v) is 3.80. The molecule has 0 atom stereocenters. The van der Waals surface area contributed by atoms with Crippen LogP contribution in [0.5, 0.6) is 17.2 Å². The minimum atomic E-state index is -0.467. The van der Waals surface area contributed by atoms with E-state index in [0.29, 0.717) is 49.2 Å². The van der Waals surface area contributed by atoms with Crippen LogP contribution in [0.15, 0.2) is 12.1 Å². The smallest absolute Gasteiger partial charge is 0.341 e. The van der Waals surface area contributed by atoms with Crippen LogP contribution in [0.2, 0.25) is 0 Å². The van der Waals surface area contributed by atoms with Gasteiger partial charge in [-0.3, -0.25) is 0 Å². The van der Waals surface area contributed by atoms with E-state index in [-0.39, 0.29) is 0 Å². The number of carbonyl (C=O) groups is 1. The Kier molecular flexibility index (Phi) is 4.46. The van der Waals surface area contributed by atoms with Crippen LogP contribution in [0, 0.1) is 0 Å². The van der Waals surface area contributed by atoms with Crippen molar-refractivity contribution in [3.63, 3.8) is 0 Å². The van der Waals surface area contributed by atoms with Crippen molar-refractivity contribution in [3.8, 4) is 17.2 Å². The number of esters is 1. The van der Waals surface area contributed by atoms with Crippen molar-refractivity contribution >= 4 is 5.97 Å². The Balaban J connectivity index is 2.29. The van der Waals surface area contributed by atoms with Gasteiger partial charge >= 0.3 is 5.97 Å². The molecular weight excluding hydrogens is 252 g/mol. The Morgan fingerprint density at radius 1 is 1.16 bits per heavy atom. The summed E-state index contributed by atoms with van der Waals surface area (Å²) >= 11 is 0. The van der Waals surface area contributed by atoms with Gasteiger partial charge in [0.15, 0.2) is 11.5 Å². The molecule has 0 spiro atoms. The van der Waals surface area contributed by atoms with Gasteiger partial charge in [0.1, 0.15) is 25.4 Å². The lowest BCUT2D eigenvalue weighted by Gasteiger charge is -2.22. The molecule has 1 aliphatic rings. The maximum atomic E-state index is 11.6. The number of benzene rings is 1. The van der Waals surface area contributed by atoms with Crippen LogP contribution in [0.4, 0.5) is 0 Å². The number of rotatable bonds is 5. The number of ether oxygens (including phenoxy) is 5. The van der Waals surface area contributed by atoms with Gasteiger partial charge in [-0.15, -0.1) is 0 Å². The first-order valence-corrected chi connectivity index (χ1v) is 5.90. The standard InChI is InChI=1S/C13H16O6/c1-15-5-6-17-10-4-3-9(13(14)16-2)11-12(10)19-8-7-18-11/h3-4H,5-8H2,1-2H3. The highest BCUT2D eigenvalue weighted by molar-refractivity contribution is 5.94. The Hall–Kier alpha value is -1.95. The summed E-state index contributed by atoms with van der Waals surface area (Å²) in [5, 5.41) is 0. The number of hydrogen-bond donors (Lipinski definition) is 0. The molecule has 19 heavy (non-hydrogen) atoms. The molecule has 0 unspecified atom stereocenters. The maximum Gasteiger partial charge on any atom is 0.341 e. The maximum absolute atomic E-state index is 11.6. The number of fused-ring (bicyclic) bond motifs is 1. The van der Waals surface area contributed by atoms with Crippen LogP contribution >= 0.6 is 0 Å². The zero-order chi connectivity index (χ0) is 13.7. The molecule has 0 saturated heterocycles. The van der Waals surface area contributed by atoms with Gasteiger partial charge in [0.05, 0.1) is 13.7 Å². The fourth-order valence-corrected chi connectivity index (χ4v) is 1.73. The number of hydrogen-bond acceptors (Lipinski definition) is 6. The summed E-state index contributed by atoms with van der Waals surface area (Å²) in [6.07, 6.45) is 0. The molecule has 0 aliphatic carbocycles. The van der Waals surface area contributed by atoms with E-state index < -0.39 is 5.97 Å². The van der Waals surface area contributed by atoms with E-state index >= 15 is 0 Å². The summed E-state index contributed by atoms with van der Waals surface area (Å²) in [7, 11) is 2.92. The molecule has 0 fully saturated rings. The molecule has 2 rings (SSSR count). The van der Waals surface area contributed by atoms with Crippen LogP contribution in [0.3, 0.4) is 0 Å². The van der Waals surface area contributed by atoms with Gasteiger partial charge in [-0.05, 0) is 12.1 Å². The minimum Gasteiger partial charge on any atom is -0.487 e. The van der Waals surface area contributed by atoms with Crippen molar-refractivity contribution in [1.29, 1.82) is 0 Å². The van der Waals surface area contributed by atoms with Crippen molar-refractivity contribution in [2.45, 2.75) is 0 Å². The van der Waals surface area contributed by atoms with E-state index in [9.17, 15) is 4.79 Å². The van der Waals surface area contributed by atoms with Crippen LogP contribution in [0.25, 0.3) is 0 Å². The predicted molar refractivity (Wildman–Crippen MR) is 66.1 cm³/mol. The molecular formula is C13H16O6. The lowest BCUT2D eigenvalue weighted by Crippen LogP contribution is -2.19. The summed E-state index contributed by atoms with van der Waals surface area (Å²) in [5.41, 5.74) is 0.330. The number of methoxy groups -OCH3 is 2. The van der Waals surface area contributed by atoms with Crippen molar-refractivity contribution in [1.82, 2.24) is 0 Å². The average Bonchev–Trinajstić information content (AvgIpc) is 2.47. The van der Waals surface area contributed by atoms with Gasteiger partial charge < -0.3 is 23.7 Å². The van der Waals surface area contributed by atoms with Crippen molar-refractivity contribution in [3.05, 3.63) is 17.7 Å². The van der Waals surface area contributed by atoms with E-state index in [2.05, 4.69) is 0 Å². The second-order valence-electron chi connectivity index (χ2n) is 3.80. The van der Waals surface area contributed by atoms with Gasteiger partial charge in [0, 0.05) is 7.11 Å². The molecule has 104 valence electrons. The summed E-state index contributed by atoms with van der Waals surface area (Å²) in [6, 6.07) is 3.26. The summed E-state index contributed by atoms with van der Waals surface area (Å²) in [5.74, 6) is 0.864. The highest BCUT2D eigenvalue weighted by Gasteiger charge is 2.25. The molecule has 0 saturated carbocycles. The van der Waals surface area contributed by atoms with Crippen molar-refractivity contribution in [2.24, 2.45) is 0 Å². The molecule has 6 heteroatoms. The molecule has 1 aromatic carbocycles. The number of carbonyl (C=O) groups excluding carboxylic acids is 1. The Bertz CT molecular complexity index is 457. The Morgan fingerprint density at radius 3 is 2.58 bits per heavy atom. The third kappa shape index (κ3) is 2.90. The SMILES string of the molecule is COCCOc1ccc(C(=O)OC)c2c1OCCO2. The molecule has 0 bridgehead atoms. The van der Waals surface area contributed by atoms with Gasteiger partial charge in [-0.2, -0.15) is 0 Å². The molecule has 6 nitrogen and oxygen atoms in total. The lowest BCUT2D eigenvalue weighted by molar-refractivity contribution is 0.0589. The molecule has 0 N–H and O–H groups in total. The zero-order valence-corrected chi connectivity index (χ0v) is 10.9. The average molecular weight is 268 g/mol. The predicted octanol–water partition coefficient (Wildman–Crippen LogP) is 1.27. The first kappa shape index (κ1) is 13.5. The molecule has 0 aromatic heterocycles. The largest absolute Gasteiger partial charge is 0.487 e. The highest BCUT2D eigenvalue weighted by Crippen LogP contribution is 2.42. The summed E-state index contributed by atoms with van der Waals surface area (Å²) < 4.78 is 26.2. The molecule has 1 aliphatic heterocycles. The lowest BCUT2D eigenvalue weighted by atomic mass is 10.1. The minimum absolute atomic E-state index is 0.330. The van der Waals surface area contributed by atoms with E-state index in [1.54, 1.807) is 19.2 Å². The van der Waals surface area contributed by atoms with Crippen LogP contribution in [0.1, 0.15) is 10.4 Å². The van der Waals surface area contributed by atoms with E-state index in [1.807, 2.05) is 0 Å². The van der Waals surface area contributed by atoms with E-state index in [4.69, 9.17) is 23.7 Å². The molecule has 1 heterocycles. The van der Waals surface area contributed by atoms with E-state index in [0.717, 1.165) is 0 Å². The Morgan fingerprint density at radius 2 is 1.89 bits per heavy atom. The van der Waals surface area contributed by atoms with E-state index in [1.165, 1.54) is 7.11 Å².